The molecule has 0 saturated heterocycles. The third-order valence-corrected chi connectivity index (χ3v) is 5.66. The molecule has 1 unspecified atom stereocenters. The smallest absolute Gasteiger partial charge is 0.416 e. The Balaban J connectivity index is 2.55. The molecule has 1 aromatic rings. The van der Waals surface area contributed by atoms with Crippen molar-refractivity contribution in [1.82, 2.24) is 4.90 Å². The highest BCUT2D eigenvalue weighted by Gasteiger charge is 2.50. The first-order valence-corrected chi connectivity index (χ1v) is 9.68. The molecule has 1 atom stereocenters. The van der Waals surface area contributed by atoms with Gasteiger partial charge in [0.05, 0.1) is 24.1 Å². The molecule has 1 aliphatic rings. The first kappa shape index (κ1) is 22.2. The summed E-state index contributed by atoms with van der Waals surface area (Å²) in [5.74, 6) is -0.547. The van der Waals surface area contributed by atoms with E-state index in [0.29, 0.717) is 31.2 Å². The highest BCUT2D eigenvalue weighted by atomic mass is 19.4. The minimum atomic E-state index is -4.44. The molecular weight excluding hydrogens is 371 g/mol. The van der Waals surface area contributed by atoms with Crippen LogP contribution in [0.15, 0.2) is 24.3 Å². The van der Waals surface area contributed by atoms with Gasteiger partial charge in [0.25, 0.3) is 0 Å². The van der Waals surface area contributed by atoms with Crippen molar-refractivity contribution in [3.8, 4) is 0 Å². The molecule has 0 aliphatic heterocycles. The Kier molecular flexibility index (Phi) is 7.12. The first-order chi connectivity index (χ1) is 13.2. The Labute approximate surface area is 164 Å². The van der Waals surface area contributed by atoms with Crippen molar-refractivity contribution in [2.75, 3.05) is 14.2 Å². The molecule has 1 aromatic carbocycles. The molecule has 4 nitrogen and oxygen atoms in total. The van der Waals surface area contributed by atoms with Crippen LogP contribution >= 0.6 is 0 Å². The molecule has 1 aliphatic carbocycles. The van der Waals surface area contributed by atoms with Gasteiger partial charge in [-0.3, -0.25) is 9.59 Å². The Morgan fingerprint density at radius 2 is 1.71 bits per heavy atom. The number of hydrogen-bond donors (Lipinski definition) is 0. The van der Waals surface area contributed by atoms with E-state index in [4.69, 9.17) is 4.74 Å². The van der Waals surface area contributed by atoms with Gasteiger partial charge in [-0.1, -0.05) is 38.3 Å². The number of hydrogen-bond acceptors (Lipinski definition) is 3. The lowest BCUT2D eigenvalue weighted by atomic mass is 9.66. The zero-order valence-corrected chi connectivity index (χ0v) is 16.6. The van der Waals surface area contributed by atoms with Crippen LogP contribution in [0.3, 0.4) is 0 Å². The van der Waals surface area contributed by atoms with Crippen molar-refractivity contribution < 1.29 is 27.5 Å². The molecular formula is C21H28F3NO3. The van der Waals surface area contributed by atoms with Gasteiger partial charge in [-0.25, -0.2) is 0 Å². The number of amides is 1. The number of benzene rings is 1. The normalized spacial score (nSPS) is 17.6. The summed E-state index contributed by atoms with van der Waals surface area (Å²) in [6.45, 7) is 1.88. The molecule has 0 bridgehead atoms. The summed E-state index contributed by atoms with van der Waals surface area (Å²) in [6, 6.07) is 4.11. The molecule has 7 heteroatoms. The molecule has 0 heterocycles. The van der Waals surface area contributed by atoms with Crippen LogP contribution in [0.5, 0.6) is 0 Å². The largest absolute Gasteiger partial charge is 0.469 e. The average Bonchev–Trinajstić information content (AvgIpc) is 2.68. The van der Waals surface area contributed by atoms with Crippen molar-refractivity contribution in [1.29, 1.82) is 0 Å². The number of ether oxygens (including phenoxy) is 1. The third-order valence-electron chi connectivity index (χ3n) is 5.66. The molecule has 0 aromatic heterocycles. The van der Waals surface area contributed by atoms with E-state index < -0.39 is 29.2 Å². The summed E-state index contributed by atoms with van der Waals surface area (Å²) < 4.78 is 44.1. The number of methoxy groups -OCH3 is 1. The maximum atomic E-state index is 13.0. The summed E-state index contributed by atoms with van der Waals surface area (Å²) in [5, 5.41) is 0. The summed E-state index contributed by atoms with van der Waals surface area (Å²) >= 11 is 0. The summed E-state index contributed by atoms with van der Waals surface area (Å²) in [4.78, 5) is 27.1. The lowest BCUT2D eigenvalue weighted by molar-refractivity contribution is -0.162. The minimum absolute atomic E-state index is 0.138. The quantitative estimate of drug-likeness (QED) is 0.623. The van der Waals surface area contributed by atoms with Crippen LogP contribution in [-0.2, 0) is 20.5 Å². The molecule has 1 saturated carbocycles. The van der Waals surface area contributed by atoms with Gasteiger partial charge in [-0.2, -0.15) is 13.2 Å². The number of carbonyl (C=O) groups excluding carboxylic acids is 2. The van der Waals surface area contributed by atoms with Crippen molar-refractivity contribution in [2.24, 2.45) is 5.41 Å². The summed E-state index contributed by atoms with van der Waals surface area (Å²) in [6.07, 6.45) is 0.182. The Morgan fingerprint density at radius 3 is 2.18 bits per heavy atom. The summed E-state index contributed by atoms with van der Waals surface area (Å²) in [5.41, 5.74) is -1.19. The van der Waals surface area contributed by atoms with Crippen LogP contribution < -0.4 is 0 Å². The van der Waals surface area contributed by atoms with Crippen molar-refractivity contribution >= 4 is 11.9 Å². The van der Waals surface area contributed by atoms with E-state index in [1.54, 1.807) is 7.05 Å². The van der Waals surface area contributed by atoms with Crippen LogP contribution in [-0.4, -0.2) is 30.9 Å². The second-order valence-electron chi connectivity index (χ2n) is 7.49. The fourth-order valence-corrected chi connectivity index (χ4v) is 4.28. The second kappa shape index (κ2) is 8.97. The van der Waals surface area contributed by atoms with E-state index >= 15 is 0 Å². The highest BCUT2D eigenvalue weighted by Crippen LogP contribution is 2.50. The van der Waals surface area contributed by atoms with Crippen LogP contribution in [0.1, 0.15) is 69.0 Å². The Bertz CT molecular complexity index is 679. The van der Waals surface area contributed by atoms with Gasteiger partial charge in [0.2, 0.25) is 5.91 Å². The minimum Gasteiger partial charge on any atom is -0.469 e. The van der Waals surface area contributed by atoms with Gasteiger partial charge in [0, 0.05) is 13.5 Å². The van der Waals surface area contributed by atoms with Gasteiger partial charge in [-0.15, -0.1) is 0 Å². The average molecular weight is 399 g/mol. The molecule has 28 heavy (non-hydrogen) atoms. The highest BCUT2D eigenvalue weighted by molar-refractivity contribution is 5.81. The molecule has 1 fully saturated rings. The Morgan fingerprint density at radius 1 is 1.14 bits per heavy atom. The van der Waals surface area contributed by atoms with Crippen LogP contribution in [0.2, 0.25) is 0 Å². The van der Waals surface area contributed by atoms with Gasteiger partial charge in [0.1, 0.15) is 0 Å². The van der Waals surface area contributed by atoms with Gasteiger partial charge in [0.15, 0.2) is 0 Å². The maximum absolute atomic E-state index is 13.0. The van der Waals surface area contributed by atoms with Crippen LogP contribution in [0, 0.1) is 5.41 Å². The second-order valence-corrected chi connectivity index (χ2v) is 7.49. The number of esters is 1. The number of halogens is 3. The maximum Gasteiger partial charge on any atom is 0.416 e. The van der Waals surface area contributed by atoms with E-state index in [2.05, 4.69) is 0 Å². The predicted molar refractivity (Wildman–Crippen MR) is 99.4 cm³/mol. The van der Waals surface area contributed by atoms with E-state index in [9.17, 15) is 22.8 Å². The fourth-order valence-electron chi connectivity index (χ4n) is 4.28. The first-order valence-electron chi connectivity index (χ1n) is 9.68. The van der Waals surface area contributed by atoms with Crippen molar-refractivity contribution in [2.45, 2.75) is 64.1 Å². The zero-order valence-electron chi connectivity index (χ0n) is 16.6. The zero-order chi connectivity index (χ0) is 20.9. The number of nitrogens with zero attached hydrogens (tertiary/aromatic N) is 1. The third kappa shape index (κ3) is 4.50. The van der Waals surface area contributed by atoms with Crippen molar-refractivity contribution in [3.63, 3.8) is 0 Å². The summed E-state index contributed by atoms with van der Waals surface area (Å²) in [7, 11) is 2.94. The molecule has 156 valence electrons. The van der Waals surface area contributed by atoms with Gasteiger partial charge in [-0.05, 0) is 37.0 Å². The van der Waals surface area contributed by atoms with E-state index in [1.807, 2.05) is 6.92 Å². The monoisotopic (exact) mass is 399 g/mol. The number of carbonyl (C=O) groups is 2. The molecule has 0 radical (unpaired) electrons. The number of rotatable bonds is 6. The van der Waals surface area contributed by atoms with Gasteiger partial charge < -0.3 is 9.64 Å². The van der Waals surface area contributed by atoms with Crippen LogP contribution in [0.25, 0.3) is 0 Å². The Hall–Kier alpha value is -2.05. The lowest BCUT2D eigenvalue weighted by Crippen LogP contribution is -2.48. The topological polar surface area (TPSA) is 46.6 Å². The van der Waals surface area contributed by atoms with E-state index in [-0.39, 0.29) is 5.91 Å². The standard InChI is InChI=1S/C21H28F3NO3/c1-4-8-17(26)25(2)18(15-9-11-16(12-10-15)21(22,23)24)20(19(27)28-3)13-6-5-7-14-20/h9-12,18H,4-8,13-14H2,1-3H3. The van der Waals surface area contributed by atoms with E-state index in [1.165, 1.54) is 24.1 Å². The van der Waals surface area contributed by atoms with E-state index in [0.717, 1.165) is 31.4 Å². The fraction of sp³-hybridized carbons (Fsp3) is 0.619. The predicted octanol–water partition coefficient (Wildman–Crippen LogP) is 5.13. The SMILES string of the molecule is CCCC(=O)N(C)C(c1ccc(C(F)(F)F)cc1)C1(C(=O)OC)CCCCC1. The molecule has 0 N–H and O–H groups in total. The van der Waals surface area contributed by atoms with Crippen LogP contribution in [0.4, 0.5) is 13.2 Å². The molecule has 0 spiro atoms. The molecule has 2 rings (SSSR count). The lowest BCUT2D eigenvalue weighted by Gasteiger charge is -2.45. The number of alkyl halides is 3. The van der Waals surface area contributed by atoms with Gasteiger partial charge >= 0.3 is 12.1 Å². The molecule has 1 amide bonds. The van der Waals surface area contributed by atoms with Crippen molar-refractivity contribution in [3.05, 3.63) is 35.4 Å².